The van der Waals surface area contributed by atoms with Gasteiger partial charge in [0.2, 0.25) is 0 Å². The van der Waals surface area contributed by atoms with Crippen molar-refractivity contribution < 1.29 is 18.3 Å². The largest absolute Gasteiger partial charge is 0.434 e. The first-order valence-corrected chi connectivity index (χ1v) is 11.8. The number of benzene rings is 1. The molecule has 0 atom stereocenters. The van der Waals surface area contributed by atoms with Crippen LogP contribution in [-0.2, 0) is 4.74 Å². The monoisotopic (exact) mass is 391 g/mol. The summed E-state index contributed by atoms with van der Waals surface area (Å²) < 4.78 is 35.3. The third kappa shape index (κ3) is 7.85. The van der Waals surface area contributed by atoms with E-state index in [-0.39, 0.29) is 29.4 Å². The number of alkyl halides is 2. The molecular weight excluding hydrogens is 368 g/mol. The summed E-state index contributed by atoms with van der Waals surface area (Å²) in [4.78, 5) is 0. The first-order chi connectivity index (χ1) is 11.6. The van der Waals surface area contributed by atoms with Gasteiger partial charge >= 0.3 is 6.61 Å². The van der Waals surface area contributed by atoms with Crippen LogP contribution in [0.2, 0.25) is 30.7 Å². The van der Waals surface area contributed by atoms with Gasteiger partial charge in [-0.05, 0) is 24.2 Å². The topological polar surface area (TPSA) is 80.4 Å². The van der Waals surface area contributed by atoms with Gasteiger partial charge in [0, 0.05) is 31.5 Å². The Hall–Kier alpha value is -1.64. The summed E-state index contributed by atoms with van der Waals surface area (Å²) >= 11 is 5.96. The summed E-state index contributed by atoms with van der Waals surface area (Å²) in [5.74, 6) is -0.0891. The molecule has 5 nitrogen and oxygen atoms in total. The molecule has 0 amide bonds. The average Bonchev–Trinajstić information content (AvgIpc) is 2.50. The van der Waals surface area contributed by atoms with E-state index in [1.165, 1.54) is 18.2 Å². The number of nitrogens with two attached hydrogens (primary N) is 1. The smallest absolute Gasteiger partial charge is 0.387 e. The highest BCUT2D eigenvalue weighted by atomic mass is 35.5. The maximum absolute atomic E-state index is 12.6. The number of hydrogen-bond donors (Lipinski definition) is 3. The van der Waals surface area contributed by atoms with Crippen molar-refractivity contribution in [3.63, 3.8) is 0 Å². The van der Waals surface area contributed by atoms with Crippen LogP contribution in [0.25, 0.3) is 5.70 Å². The standard InChI is InChI=1S/C16H24ClF2N3O2Si/c1-25(2,3)7-6-23-10-22-15(13(21)9-20)12-8-11(17)4-5-14(12)24-16(18)19/h4-5,8-9,16,20,22H,6-7,10,21H2,1-3H3/b15-13+,20-9?. The van der Waals surface area contributed by atoms with E-state index in [1.807, 2.05) is 0 Å². The molecule has 0 radical (unpaired) electrons. The second-order valence-electron chi connectivity index (χ2n) is 6.53. The van der Waals surface area contributed by atoms with E-state index in [0.717, 1.165) is 12.3 Å². The Balaban J connectivity index is 2.94. The fourth-order valence-corrected chi connectivity index (χ4v) is 2.82. The highest BCUT2D eigenvalue weighted by Gasteiger charge is 2.16. The molecular formula is C16H24ClF2N3O2Si. The van der Waals surface area contributed by atoms with Crippen molar-refractivity contribution in [2.24, 2.45) is 5.73 Å². The van der Waals surface area contributed by atoms with Gasteiger partial charge in [-0.15, -0.1) is 0 Å². The normalized spacial score (nSPS) is 12.8. The number of rotatable bonds is 10. The second-order valence-corrected chi connectivity index (χ2v) is 12.6. The zero-order valence-corrected chi connectivity index (χ0v) is 16.3. The minimum absolute atomic E-state index is 0.0511. The van der Waals surface area contributed by atoms with E-state index in [1.54, 1.807) is 0 Å². The molecule has 0 fully saturated rings. The minimum Gasteiger partial charge on any atom is -0.434 e. The average molecular weight is 392 g/mol. The molecule has 1 aromatic rings. The molecule has 4 N–H and O–H groups in total. The Morgan fingerprint density at radius 1 is 1.40 bits per heavy atom. The minimum atomic E-state index is -2.99. The third-order valence-corrected chi connectivity index (χ3v) is 5.16. The lowest BCUT2D eigenvalue weighted by Crippen LogP contribution is -2.25. The van der Waals surface area contributed by atoms with Gasteiger partial charge in [-0.3, -0.25) is 0 Å². The molecule has 9 heteroatoms. The Bertz CT molecular complexity index is 622. The van der Waals surface area contributed by atoms with Crippen LogP contribution in [0.4, 0.5) is 8.78 Å². The van der Waals surface area contributed by atoms with E-state index in [9.17, 15) is 8.78 Å². The summed E-state index contributed by atoms with van der Waals surface area (Å²) in [5, 5.41) is 10.6. The van der Waals surface area contributed by atoms with Gasteiger partial charge in [0.05, 0.1) is 11.4 Å². The van der Waals surface area contributed by atoms with Gasteiger partial charge in [0.25, 0.3) is 0 Å². The Morgan fingerprint density at radius 3 is 2.64 bits per heavy atom. The van der Waals surface area contributed by atoms with Crippen molar-refractivity contribution in [1.82, 2.24) is 5.32 Å². The summed E-state index contributed by atoms with van der Waals surface area (Å²) in [6, 6.07) is 5.20. The number of hydrogen-bond acceptors (Lipinski definition) is 5. The van der Waals surface area contributed by atoms with Gasteiger partial charge in [-0.2, -0.15) is 8.78 Å². The van der Waals surface area contributed by atoms with Crippen molar-refractivity contribution in [3.05, 3.63) is 34.5 Å². The van der Waals surface area contributed by atoms with Crippen molar-refractivity contribution in [3.8, 4) is 5.75 Å². The predicted octanol–water partition coefficient (Wildman–Crippen LogP) is 4.12. The maximum atomic E-state index is 12.6. The van der Waals surface area contributed by atoms with Gasteiger partial charge in [0.1, 0.15) is 12.5 Å². The number of nitrogens with one attached hydrogen (secondary N) is 2. The molecule has 0 aromatic heterocycles. The fraction of sp³-hybridized carbons (Fsp3) is 0.438. The lowest BCUT2D eigenvalue weighted by Gasteiger charge is -2.19. The van der Waals surface area contributed by atoms with Gasteiger partial charge in [-0.1, -0.05) is 31.2 Å². The van der Waals surface area contributed by atoms with Crippen LogP contribution in [0.5, 0.6) is 5.75 Å². The van der Waals surface area contributed by atoms with Crippen LogP contribution in [0.3, 0.4) is 0 Å². The molecule has 0 saturated heterocycles. The molecule has 0 spiro atoms. The molecule has 1 rings (SSSR count). The van der Waals surface area contributed by atoms with E-state index in [4.69, 9.17) is 27.5 Å². The van der Waals surface area contributed by atoms with E-state index in [0.29, 0.717) is 11.6 Å². The quantitative estimate of drug-likeness (QED) is 0.242. The molecule has 0 bridgehead atoms. The van der Waals surface area contributed by atoms with E-state index in [2.05, 4.69) is 29.7 Å². The third-order valence-electron chi connectivity index (χ3n) is 3.22. The first kappa shape index (κ1) is 21.4. The Kier molecular flexibility index (Phi) is 8.34. The second kappa shape index (κ2) is 9.74. The molecule has 0 aliphatic rings. The van der Waals surface area contributed by atoms with Crippen LogP contribution in [0, 0.1) is 5.41 Å². The highest BCUT2D eigenvalue weighted by molar-refractivity contribution is 6.76. The van der Waals surface area contributed by atoms with Gasteiger partial charge in [0.15, 0.2) is 0 Å². The molecule has 0 aliphatic carbocycles. The van der Waals surface area contributed by atoms with Crippen LogP contribution >= 0.6 is 11.6 Å². The van der Waals surface area contributed by atoms with Crippen LogP contribution < -0.4 is 15.8 Å². The zero-order chi connectivity index (χ0) is 19.0. The van der Waals surface area contributed by atoms with Crippen LogP contribution in [0.1, 0.15) is 5.56 Å². The van der Waals surface area contributed by atoms with Crippen LogP contribution in [0.15, 0.2) is 23.9 Å². The van der Waals surface area contributed by atoms with Gasteiger partial charge < -0.3 is 25.9 Å². The lowest BCUT2D eigenvalue weighted by atomic mass is 10.1. The van der Waals surface area contributed by atoms with Crippen LogP contribution in [-0.4, -0.2) is 34.2 Å². The van der Waals surface area contributed by atoms with E-state index >= 15 is 0 Å². The molecule has 25 heavy (non-hydrogen) atoms. The predicted molar refractivity (Wildman–Crippen MR) is 100 cm³/mol. The van der Waals surface area contributed by atoms with Crippen molar-refractivity contribution in [1.29, 1.82) is 5.41 Å². The lowest BCUT2D eigenvalue weighted by molar-refractivity contribution is -0.0500. The molecule has 0 aliphatic heterocycles. The van der Waals surface area contributed by atoms with Crippen molar-refractivity contribution in [2.45, 2.75) is 32.3 Å². The fourth-order valence-electron chi connectivity index (χ4n) is 1.90. The number of halogens is 3. The number of allylic oxidation sites excluding steroid dienone is 1. The zero-order valence-electron chi connectivity index (χ0n) is 14.5. The summed E-state index contributed by atoms with van der Waals surface area (Å²) in [5.41, 5.74) is 6.36. The van der Waals surface area contributed by atoms with Gasteiger partial charge in [-0.25, -0.2) is 0 Å². The highest BCUT2D eigenvalue weighted by Crippen LogP contribution is 2.30. The summed E-state index contributed by atoms with van der Waals surface area (Å²) in [6.07, 6.45) is 0.914. The number of ether oxygens (including phenoxy) is 2. The molecule has 0 saturated carbocycles. The maximum Gasteiger partial charge on any atom is 0.387 e. The van der Waals surface area contributed by atoms with Crippen molar-refractivity contribution in [2.75, 3.05) is 13.3 Å². The summed E-state index contributed by atoms with van der Waals surface area (Å²) in [7, 11) is -1.21. The molecule has 1 aromatic carbocycles. The van der Waals surface area contributed by atoms with Crippen molar-refractivity contribution >= 4 is 31.6 Å². The van der Waals surface area contributed by atoms with E-state index < -0.39 is 14.7 Å². The first-order valence-electron chi connectivity index (χ1n) is 7.70. The molecule has 0 heterocycles. The summed E-state index contributed by atoms with van der Waals surface area (Å²) in [6.45, 7) is 4.42. The molecule has 140 valence electrons. The Morgan fingerprint density at radius 2 is 2.08 bits per heavy atom. The SMILES string of the molecule is C[Si](C)(C)CCOCN/C(=C(/N)C=N)c1cc(Cl)ccc1OC(F)F. The molecule has 0 unspecified atom stereocenters. The Labute approximate surface area is 152 Å².